The summed E-state index contributed by atoms with van der Waals surface area (Å²) in [7, 11) is -6.19. The van der Waals surface area contributed by atoms with Crippen molar-refractivity contribution in [3.8, 4) is 0 Å². The number of nitrogens with two attached hydrogens (primary N) is 1. The number of ketones is 3. The summed E-state index contributed by atoms with van der Waals surface area (Å²) in [6, 6.07) is 40.1. The van der Waals surface area contributed by atoms with Gasteiger partial charge in [0.25, 0.3) is 20.0 Å². The van der Waals surface area contributed by atoms with Crippen molar-refractivity contribution in [3.63, 3.8) is 0 Å². The van der Waals surface area contributed by atoms with Gasteiger partial charge >= 0.3 is 30.9 Å². The second-order valence-corrected chi connectivity index (χ2v) is 36.8. The molecular formula is C96H106BrF15N6O14S2. The Kier molecular flexibility index (Phi) is 39.4. The van der Waals surface area contributed by atoms with Gasteiger partial charge in [-0.25, -0.2) is 18.2 Å². The fourth-order valence-electron chi connectivity index (χ4n) is 15.4. The molecule has 17 rings (SSSR count). The highest BCUT2D eigenvalue weighted by atomic mass is 79.9. The molecule has 7 aromatic carbocycles. The van der Waals surface area contributed by atoms with Crippen LogP contribution in [0, 0.1) is 13.8 Å². The number of aromatic nitrogens is 2. The summed E-state index contributed by atoms with van der Waals surface area (Å²) < 4.78 is 257. The van der Waals surface area contributed by atoms with Gasteiger partial charge in [-0.3, -0.25) is 25.0 Å². The zero-order chi connectivity index (χ0) is 97.4. The summed E-state index contributed by atoms with van der Waals surface area (Å²) in [6.45, 7) is 6.24. The van der Waals surface area contributed by atoms with E-state index >= 15 is 0 Å². The van der Waals surface area contributed by atoms with E-state index in [-0.39, 0.29) is 46.4 Å². The number of aliphatic hydroxyl groups excluding tert-OH is 1. The fourth-order valence-corrected chi connectivity index (χ4v) is 17.2. The average Bonchev–Trinajstić information content (AvgIpc) is 1.69. The van der Waals surface area contributed by atoms with Crippen LogP contribution in [-0.4, -0.2) is 111 Å². The molecule has 728 valence electrons. The Hall–Kier alpha value is -9.87. The van der Waals surface area contributed by atoms with E-state index in [9.17, 15) is 107 Å². The number of hydrazine groups is 1. The van der Waals surface area contributed by atoms with E-state index in [0.717, 1.165) is 163 Å². The molecule has 2 spiro atoms. The third-order valence-corrected chi connectivity index (χ3v) is 26.2. The van der Waals surface area contributed by atoms with Crippen LogP contribution in [0.25, 0.3) is 11.1 Å². The number of carbonyl (C=O) groups excluding carboxylic acids is 4. The summed E-state index contributed by atoms with van der Waals surface area (Å²) in [4.78, 5) is 52.4. The lowest BCUT2D eigenvalue weighted by Gasteiger charge is -2.40. The number of allylic oxidation sites excluding steroid dienone is 2. The van der Waals surface area contributed by atoms with Gasteiger partial charge in [0.2, 0.25) is 0 Å². The van der Waals surface area contributed by atoms with Crippen molar-refractivity contribution in [1.82, 2.24) is 19.0 Å². The molecule has 6 N–H and O–H groups in total. The maximum absolute atomic E-state index is 12.7. The maximum Gasteiger partial charge on any atom is 0.416 e. The fraction of sp³-hybridized carbons (Fsp3) is 0.417. The number of nitrogens with zero attached hydrogens (tertiary/aromatic N) is 3. The van der Waals surface area contributed by atoms with E-state index in [0.29, 0.717) is 132 Å². The standard InChI is InChI=1S/C20H21F3N2O2S.C15H17F3O3.C13H13F3O.C13H11F3O.C11H10N2O.C8H12O3.C7H4BrF3.C7H10N2O2S.CH4O.CH4/c1-14-2-12-19(13-3-14)28(26,27)25-24-18-10-6-16(7-11-18)15-4-8-17(9-5-15)20(21,22)23;16-15(17,18)12-3-1-11(2-4-12)13(19)5-7-14(8-6-13)20-9-10-21-14;2*14-13(15,16)11-5-1-9(2-6-11)10-3-7-12(17)8-4-10;14-6-10-9(8-1-2-8)3-4-13-7-12-5-11(10)13;9-7-1-3-8(4-2-7)10-5-6-11-8;8-6-3-1-5(2-4-6)7(9,10)11;1-6-2-4-7(5-3-6)12(10,11)9-8;1-2;/h2-5,8-9,12-13,16,25H,6-7,10-11H2,1H3;1-4,19H,5-10H2;1-2,5-6,10H,3-4,7-8H2;1-3,5-6H,4,7-8H2;3-8H,1-2H2;1-6H2;1-4H;2-5,9H,8H2,1H3;2H,1H3;1H4. The van der Waals surface area contributed by atoms with Crippen molar-refractivity contribution in [1.29, 1.82) is 0 Å². The molecule has 20 nitrogen and oxygen atoms in total. The minimum Gasteiger partial charge on any atom is -0.400 e. The monoisotopic (exact) mass is 1990 g/mol. The zero-order valence-electron chi connectivity index (χ0n) is 72.6. The minimum absolute atomic E-state index is 0. The SMILES string of the molecule is C.CO.Cc1ccc(S(=O)(=O)NN)cc1.Cc1ccc(S(=O)(=O)NN=C2CCC(c3ccc(C(F)(F)F)cc3)CC2)cc1.FC(F)(F)c1ccc(Br)cc1.O=C1CC=C(c2ccc(C(F)(F)F)cc2)CC1.O=C1CCC(c2ccc(C(F)(F)F)cc2)CC1.O=C1CCC2(CC1)OCCO2.O=Cc1c(C2CC2)ccn2cncc12.OC1(c2ccc(C(F)(F)F)cc2)CCC2(CC1)OCCO2. The highest BCUT2D eigenvalue weighted by Gasteiger charge is 2.47. The summed E-state index contributed by atoms with van der Waals surface area (Å²) in [6.07, 6.45) is 0.521. The molecular weight excluding hydrogens is 1890 g/mol. The van der Waals surface area contributed by atoms with Crippen LogP contribution in [-0.2, 0) is 89.9 Å². The number of Topliss-reactive ketones (excluding diaryl/α,β-unsaturated/α-hetero) is 3. The number of hydrogen-bond donors (Lipinski definition) is 5. The Morgan fingerprint density at radius 1 is 0.478 bits per heavy atom. The number of hydrazone groups is 1. The van der Waals surface area contributed by atoms with Gasteiger partial charge in [0.15, 0.2) is 17.9 Å². The number of halogens is 16. The lowest BCUT2D eigenvalue weighted by molar-refractivity contribution is -0.204. The molecule has 2 aliphatic heterocycles. The van der Waals surface area contributed by atoms with Crippen molar-refractivity contribution < 1.29 is 131 Å². The number of rotatable bonds is 11. The number of aryl methyl sites for hydroxylation is 2. The first kappa shape index (κ1) is 109. The number of alkyl halides is 15. The molecule has 7 fully saturated rings. The molecule has 0 amide bonds. The van der Waals surface area contributed by atoms with Crippen LogP contribution in [0.15, 0.2) is 220 Å². The smallest absolute Gasteiger partial charge is 0.400 e. The minimum atomic E-state index is -4.36. The predicted molar refractivity (Wildman–Crippen MR) is 476 cm³/mol. The maximum atomic E-state index is 12.7. The Bertz CT molecular complexity index is 5570. The molecule has 2 aromatic heterocycles. The Labute approximate surface area is 775 Å². The molecule has 0 radical (unpaired) electrons. The van der Waals surface area contributed by atoms with E-state index in [2.05, 4.69) is 30.8 Å². The largest absolute Gasteiger partial charge is 0.416 e. The number of nitrogens with one attached hydrogen (secondary N) is 2. The topological polar surface area (TPSA) is 294 Å². The normalized spacial score (nSPS) is 18.2. The molecule has 8 aliphatic rings. The number of aliphatic hydroxyl groups is 2. The highest BCUT2D eigenvalue weighted by molar-refractivity contribution is 9.10. The molecule has 0 unspecified atom stereocenters. The van der Waals surface area contributed by atoms with Crippen molar-refractivity contribution in [2.45, 2.75) is 232 Å². The Morgan fingerprint density at radius 3 is 1.26 bits per heavy atom. The first-order valence-electron chi connectivity index (χ1n) is 42.5. The zero-order valence-corrected chi connectivity index (χ0v) is 75.8. The molecule has 0 atom stereocenters. The van der Waals surface area contributed by atoms with Crippen molar-refractivity contribution in [3.05, 3.63) is 278 Å². The summed E-state index contributed by atoms with van der Waals surface area (Å²) >= 11 is 3.04. The van der Waals surface area contributed by atoms with E-state index in [1.807, 2.05) is 30.5 Å². The van der Waals surface area contributed by atoms with Crippen LogP contribution in [0.4, 0.5) is 65.9 Å². The van der Waals surface area contributed by atoms with Crippen molar-refractivity contribution >= 4 is 76.4 Å². The highest BCUT2D eigenvalue weighted by Crippen LogP contribution is 2.47. The first-order valence-corrected chi connectivity index (χ1v) is 46.3. The second-order valence-electron chi connectivity index (χ2n) is 32.5. The van der Waals surface area contributed by atoms with Crippen molar-refractivity contribution in [2.75, 3.05) is 33.5 Å². The van der Waals surface area contributed by atoms with Crippen LogP contribution in [0.1, 0.15) is 237 Å². The number of pyridine rings is 1. The number of carbonyl (C=O) groups is 4. The molecule has 134 heavy (non-hydrogen) atoms. The van der Waals surface area contributed by atoms with E-state index in [4.69, 9.17) is 29.9 Å². The van der Waals surface area contributed by atoms with Gasteiger partial charge in [-0.15, -0.1) is 0 Å². The summed E-state index contributed by atoms with van der Waals surface area (Å²) in [5, 5.41) is 21.7. The number of benzene rings is 7. The second kappa shape index (κ2) is 48.2. The van der Waals surface area contributed by atoms with Crippen LogP contribution in [0.2, 0.25) is 0 Å². The van der Waals surface area contributed by atoms with Gasteiger partial charge in [-0.1, -0.05) is 113 Å². The van der Waals surface area contributed by atoms with Gasteiger partial charge in [0.1, 0.15) is 17.3 Å². The van der Waals surface area contributed by atoms with E-state index in [1.54, 1.807) is 47.7 Å². The molecule has 38 heteroatoms. The van der Waals surface area contributed by atoms with Gasteiger partial charge < -0.3 is 33.6 Å². The first-order chi connectivity index (χ1) is 62.7. The van der Waals surface area contributed by atoms with Gasteiger partial charge in [-0.2, -0.15) is 84.2 Å². The Morgan fingerprint density at radius 2 is 0.866 bits per heavy atom. The molecule has 4 heterocycles. The van der Waals surface area contributed by atoms with E-state index in [1.165, 1.54) is 103 Å². The van der Waals surface area contributed by atoms with Crippen LogP contribution in [0.3, 0.4) is 0 Å². The van der Waals surface area contributed by atoms with Crippen molar-refractivity contribution in [2.24, 2.45) is 10.9 Å². The van der Waals surface area contributed by atoms with Crippen LogP contribution >= 0.6 is 15.9 Å². The van der Waals surface area contributed by atoms with Gasteiger partial charge in [-0.05, 0) is 239 Å². The predicted octanol–water partition coefficient (Wildman–Crippen LogP) is 22.7. The molecule has 2 saturated heterocycles. The number of hydrogen-bond acceptors (Lipinski definition) is 17. The third-order valence-electron chi connectivity index (χ3n) is 23.3. The average molecular weight is 2000 g/mol. The van der Waals surface area contributed by atoms with Crippen LogP contribution < -0.4 is 15.5 Å². The van der Waals surface area contributed by atoms with Gasteiger partial charge in [0, 0.05) is 93.3 Å². The lowest BCUT2D eigenvalue weighted by Crippen LogP contribution is -2.42. The molecule has 9 aromatic rings. The van der Waals surface area contributed by atoms with E-state index < -0.39 is 90.1 Å². The van der Waals surface area contributed by atoms with Crippen LogP contribution in [0.5, 0.6) is 0 Å². The number of sulfonamides is 2. The number of ether oxygens (including phenoxy) is 4. The summed E-state index contributed by atoms with van der Waals surface area (Å²) in [5.74, 6) is 5.64. The molecule has 5 saturated carbocycles. The van der Waals surface area contributed by atoms with Gasteiger partial charge in [0.05, 0.1) is 87.7 Å². The number of fused-ring (bicyclic) bond motifs is 1. The molecule has 0 bridgehead atoms. The number of imidazole rings is 1. The Balaban J connectivity index is 0.000000191. The third kappa shape index (κ3) is 32.4. The summed E-state index contributed by atoms with van der Waals surface area (Å²) in [5.41, 5.74) is 5.31. The lowest BCUT2D eigenvalue weighted by atomic mass is 9.77. The molecule has 6 aliphatic carbocycles. The quantitative estimate of drug-likeness (QED) is 0.0348. The number of aldehydes is 1.